The molecule has 0 radical (unpaired) electrons. The summed E-state index contributed by atoms with van der Waals surface area (Å²) < 4.78 is 10.4. The molecule has 4 heteroatoms. The van der Waals surface area contributed by atoms with Gasteiger partial charge in [0.1, 0.15) is 12.0 Å². The molecule has 0 saturated carbocycles. The summed E-state index contributed by atoms with van der Waals surface area (Å²) in [5, 5.41) is 0. The molecular weight excluding hydrogens is 194 g/mol. The second-order valence-corrected chi connectivity index (χ2v) is 3.33. The Labute approximate surface area is 89.0 Å². The molecule has 1 heterocycles. The molecule has 0 aliphatic heterocycles. The second kappa shape index (κ2) is 6.24. The number of nitrogens with two attached hydrogens (primary N) is 1. The molecule has 0 bridgehead atoms. The van der Waals surface area contributed by atoms with Gasteiger partial charge in [-0.1, -0.05) is 19.8 Å². The number of hydrogen-bond acceptors (Lipinski definition) is 4. The van der Waals surface area contributed by atoms with Crippen LogP contribution in [0.3, 0.4) is 0 Å². The Hall–Kier alpha value is -1.29. The summed E-state index contributed by atoms with van der Waals surface area (Å²) in [6, 6.07) is 1.37. The van der Waals surface area contributed by atoms with E-state index in [-0.39, 0.29) is 17.7 Å². The standard InChI is InChI=1S/C11H17NO3/c1-2-3-4-5-14-11-8-15-9(7-12)6-10(11)13/h6,8H,2-5,7,12H2,1H3. The largest absolute Gasteiger partial charge is 0.487 e. The van der Waals surface area contributed by atoms with E-state index in [0.29, 0.717) is 12.4 Å². The molecule has 15 heavy (non-hydrogen) atoms. The monoisotopic (exact) mass is 211 g/mol. The zero-order valence-corrected chi connectivity index (χ0v) is 8.99. The molecule has 0 unspecified atom stereocenters. The van der Waals surface area contributed by atoms with Gasteiger partial charge in [0.2, 0.25) is 11.2 Å². The van der Waals surface area contributed by atoms with Gasteiger partial charge in [-0.25, -0.2) is 0 Å². The van der Waals surface area contributed by atoms with E-state index in [1.807, 2.05) is 0 Å². The summed E-state index contributed by atoms with van der Waals surface area (Å²) in [6.07, 6.45) is 4.52. The lowest BCUT2D eigenvalue weighted by atomic mass is 10.3. The van der Waals surface area contributed by atoms with Crippen molar-refractivity contribution in [2.75, 3.05) is 6.61 Å². The van der Waals surface area contributed by atoms with Crippen molar-refractivity contribution >= 4 is 0 Å². The number of ether oxygens (including phenoxy) is 1. The van der Waals surface area contributed by atoms with Crippen molar-refractivity contribution in [3.63, 3.8) is 0 Å². The van der Waals surface area contributed by atoms with E-state index in [2.05, 4.69) is 6.92 Å². The molecule has 4 nitrogen and oxygen atoms in total. The molecule has 2 N–H and O–H groups in total. The molecular formula is C11H17NO3. The van der Waals surface area contributed by atoms with Gasteiger partial charge in [0.25, 0.3) is 0 Å². The summed E-state index contributed by atoms with van der Waals surface area (Å²) in [4.78, 5) is 11.4. The van der Waals surface area contributed by atoms with Crippen LogP contribution in [0.15, 0.2) is 21.5 Å². The van der Waals surface area contributed by atoms with Crippen molar-refractivity contribution in [2.24, 2.45) is 5.73 Å². The first kappa shape index (κ1) is 11.8. The van der Waals surface area contributed by atoms with Crippen molar-refractivity contribution in [2.45, 2.75) is 32.7 Å². The summed E-state index contributed by atoms with van der Waals surface area (Å²) in [6.45, 7) is 2.90. The Morgan fingerprint density at radius 3 is 2.87 bits per heavy atom. The molecule has 0 atom stereocenters. The minimum Gasteiger partial charge on any atom is -0.487 e. The average molecular weight is 211 g/mol. The van der Waals surface area contributed by atoms with Gasteiger partial charge < -0.3 is 14.9 Å². The molecule has 1 aromatic heterocycles. The maximum absolute atomic E-state index is 11.4. The topological polar surface area (TPSA) is 65.5 Å². The van der Waals surface area contributed by atoms with Crippen LogP contribution in [-0.2, 0) is 6.54 Å². The number of unbranched alkanes of at least 4 members (excludes halogenated alkanes) is 2. The van der Waals surface area contributed by atoms with E-state index in [1.54, 1.807) is 0 Å². The van der Waals surface area contributed by atoms with Gasteiger partial charge in [-0.15, -0.1) is 0 Å². The van der Waals surface area contributed by atoms with Gasteiger partial charge in [-0.2, -0.15) is 0 Å². The molecule has 84 valence electrons. The smallest absolute Gasteiger partial charge is 0.227 e. The lowest BCUT2D eigenvalue weighted by Crippen LogP contribution is -2.10. The minimum atomic E-state index is -0.168. The van der Waals surface area contributed by atoms with E-state index in [1.165, 1.54) is 12.3 Å². The first-order valence-corrected chi connectivity index (χ1v) is 5.22. The van der Waals surface area contributed by atoms with Crippen LogP contribution in [0.4, 0.5) is 0 Å². The first-order valence-electron chi connectivity index (χ1n) is 5.22. The highest BCUT2D eigenvalue weighted by atomic mass is 16.5. The highest BCUT2D eigenvalue weighted by Crippen LogP contribution is 2.06. The minimum absolute atomic E-state index is 0.168. The van der Waals surface area contributed by atoms with E-state index in [9.17, 15) is 4.79 Å². The van der Waals surface area contributed by atoms with Gasteiger partial charge in [-0.3, -0.25) is 4.79 Å². The SMILES string of the molecule is CCCCCOc1coc(CN)cc1=O. The van der Waals surface area contributed by atoms with Crippen LogP contribution < -0.4 is 15.9 Å². The highest BCUT2D eigenvalue weighted by Gasteiger charge is 2.02. The predicted molar refractivity (Wildman–Crippen MR) is 57.9 cm³/mol. The Balaban J connectivity index is 2.51. The molecule has 0 amide bonds. The number of rotatable bonds is 6. The van der Waals surface area contributed by atoms with Crippen LogP contribution in [0.2, 0.25) is 0 Å². The Morgan fingerprint density at radius 2 is 2.27 bits per heavy atom. The highest BCUT2D eigenvalue weighted by molar-refractivity contribution is 5.17. The molecule has 1 rings (SSSR count). The molecule has 0 aliphatic carbocycles. The van der Waals surface area contributed by atoms with E-state index in [0.717, 1.165) is 19.3 Å². The number of hydrogen-bond donors (Lipinski definition) is 1. The van der Waals surface area contributed by atoms with Gasteiger partial charge in [0.05, 0.1) is 13.2 Å². The molecule has 1 aromatic rings. The van der Waals surface area contributed by atoms with Crippen LogP contribution in [0.5, 0.6) is 5.75 Å². The maximum Gasteiger partial charge on any atom is 0.227 e. The second-order valence-electron chi connectivity index (χ2n) is 3.33. The normalized spacial score (nSPS) is 10.3. The van der Waals surface area contributed by atoms with Crippen molar-refractivity contribution in [3.8, 4) is 5.75 Å². The van der Waals surface area contributed by atoms with Crippen LogP contribution in [-0.4, -0.2) is 6.61 Å². The Bertz CT molecular complexity index is 346. The maximum atomic E-state index is 11.4. The predicted octanol–water partition coefficient (Wildman–Crippen LogP) is 1.67. The average Bonchev–Trinajstić information content (AvgIpc) is 2.26. The lowest BCUT2D eigenvalue weighted by molar-refractivity contribution is 0.291. The lowest BCUT2D eigenvalue weighted by Gasteiger charge is -2.04. The molecule has 0 aromatic carbocycles. The fraction of sp³-hybridized carbons (Fsp3) is 0.545. The Morgan fingerprint density at radius 1 is 1.47 bits per heavy atom. The van der Waals surface area contributed by atoms with Crippen molar-refractivity contribution in [1.29, 1.82) is 0 Å². The Kier molecular flexibility index (Phi) is 4.90. The van der Waals surface area contributed by atoms with Gasteiger partial charge in [0.15, 0.2) is 0 Å². The fourth-order valence-corrected chi connectivity index (χ4v) is 1.19. The zero-order valence-electron chi connectivity index (χ0n) is 8.99. The quantitative estimate of drug-likeness (QED) is 0.727. The van der Waals surface area contributed by atoms with Crippen LogP contribution in [0.1, 0.15) is 31.9 Å². The van der Waals surface area contributed by atoms with E-state index >= 15 is 0 Å². The fourth-order valence-electron chi connectivity index (χ4n) is 1.19. The van der Waals surface area contributed by atoms with Crippen LogP contribution in [0, 0.1) is 0 Å². The van der Waals surface area contributed by atoms with Crippen LogP contribution >= 0.6 is 0 Å². The summed E-state index contributed by atoms with van der Waals surface area (Å²) in [5.41, 5.74) is 5.17. The molecule has 0 aliphatic rings. The third-order valence-corrected chi connectivity index (χ3v) is 2.06. The van der Waals surface area contributed by atoms with E-state index < -0.39 is 0 Å². The van der Waals surface area contributed by atoms with E-state index in [4.69, 9.17) is 14.9 Å². The van der Waals surface area contributed by atoms with Crippen molar-refractivity contribution in [3.05, 3.63) is 28.3 Å². The third-order valence-electron chi connectivity index (χ3n) is 2.06. The van der Waals surface area contributed by atoms with Gasteiger partial charge in [0, 0.05) is 6.07 Å². The third kappa shape index (κ3) is 3.75. The summed E-state index contributed by atoms with van der Waals surface area (Å²) in [7, 11) is 0. The van der Waals surface area contributed by atoms with Gasteiger partial charge in [-0.05, 0) is 6.42 Å². The first-order chi connectivity index (χ1) is 7.27. The zero-order chi connectivity index (χ0) is 11.1. The van der Waals surface area contributed by atoms with Gasteiger partial charge >= 0.3 is 0 Å². The van der Waals surface area contributed by atoms with Crippen molar-refractivity contribution in [1.82, 2.24) is 0 Å². The molecule has 0 spiro atoms. The molecule has 0 saturated heterocycles. The van der Waals surface area contributed by atoms with Crippen molar-refractivity contribution < 1.29 is 9.15 Å². The summed E-state index contributed by atoms with van der Waals surface area (Å²) in [5.74, 6) is 0.740. The molecule has 0 fully saturated rings. The van der Waals surface area contributed by atoms with Crippen LogP contribution in [0.25, 0.3) is 0 Å². The summed E-state index contributed by atoms with van der Waals surface area (Å²) >= 11 is 0.